The number of nitrogens with zero attached hydrogens (tertiary/aromatic N) is 5. The molecule has 6 heteroatoms. The van der Waals surface area contributed by atoms with Crippen molar-refractivity contribution in [3.8, 4) is 0 Å². The van der Waals surface area contributed by atoms with Crippen LogP contribution in [0.5, 0.6) is 0 Å². The van der Waals surface area contributed by atoms with Gasteiger partial charge in [-0.2, -0.15) is 5.10 Å². The summed E-state index contributed by atoms with van der Waals surface area (Å²) in [5.74, 6) is 1.31. The highest BCUT2D eigenvalue weighted by atomic mass is 16.3. The minimum Gasteiger partial charge on any atom is -0.386 e. The van der Waals surface area contributed by atoms with Crippen molar-refractivity contribution < 1.29 is 5.11 Å². The van der Waals surface area contributed by atoms with Crippen LogP contribution in [0.1, 0.15) is 38.4 Å². The molecule has 0 fully saturated rings. The maximum absolute atomic E-state index is 10.3. The highest BCUT2D eigenvalue weighted by Gasteiger charge is 2.16. The number of imidazole rings is 1. The van der Waals surface area contributed by atoms with Crippen molar-refractivity contribution in [1.82, 2.24) is 24.3 Å². The number of aliphatic hydroxyl groups excluding tert-OH is 1. The van der Waals surface area contributed by atoms with E-state index < -0.39 is 6.10 Å². The Hall–Kier alpha value is -1.69. The Morgan fingerprint density at radius 1 is 1.37 bits per heavy atom. The van der Waals surface area contributed by atoms with Gasteiger partial charge < -0.3 is 9.67 Å². The van der Waals surface area contributed by atoms with Crippen LogP contribution in [0.4, 0.5) is 0 Å². The molecule has 0 aromatic carbocycles. The van der Waals surface area contributed by atoms with E-state index in [-0.39, 0.29) is 0 Å². The molecule has 6 nitrogen and oxygen atoms in total. The van der Waals surface area contributed by atoms with Crippen molar-refractivity contribution in [2.75, 3.05) is 0 Å². The number of aryl methyl sites for hydroxylation is 1. The van der Waals surface area contributed by atoms with Crippen molar-refractivity contribution in [2.24, 2.45) is 5.92 Å². The van der Waals surface area contributed by atoms with E-state index in [1.165, 1.54) is 0 Å². The van der Waals surface area contributed by atoms with Gasteiger partial charge in [0.05, 0.1) is 18.2 Å². The molecule has 0 amide bonds. The molecule has 2 aromatic heterocycles. The normalized spacial score (nSPS) is 13.1. The molecule has 0 spiro atoms. The van der Waals surface area contributed by atoms with Gasteiger partial charge in [0.2, 0.25) is 0 Å². The van der Waals surface area contributed by atoms with E-state index in [9.17, 15) is 5.11 Å². The van der Waals surface area contributed by atoms with E-state index in [4.69, 9.17) is 0 Å². The summed E-state index contributed by atoms with van der Waals surface area (Å²) in [5, 5.41) is 14.5. The molecule has 0 radical (unpaired) electrons. The Kier molecular flexibility index (Phi) is 4.31. The fraction of sp³-hybridized carbons (Fsp3) is 0.615. The molecule has 0 saturated heterocycles. The van der Waals surface area contributed by atoms with Crippen LogP contribution in [0, 0.1) is 5.92 Å². The fourth-order valence-electron chi connectivity index (χ4n) is 2.09. The second kappa shape index (κ2) is 5.97. The molecule has 1 unspecified atom stereocenters. The molecule has 0 aliphatic rings. The third-order valence-corrected chi connectivity index (χ3v) is 3.04. The first kappa shape index (κ1) is 13.7. The lowest BCUT2D eigenvalue weighted by molar-refractivity contribution is 0.164. The molecule has 2 aromatic rings. The Bertz CT molecular complexity index is 517. The fourth-order valence-corrected chi connectivity index (χ4v) is 2.09. The van der Waals surface area contributed by atoms with Gasteiger partial charge in [-0.25, -0.2) is 14.6 Å². The van der Waals surface area contributed by atoms with Gasteiger partial charge in [-0.1, -0.05) is 13.8 Å². The zero-order chi connectivity index (χ0) is 13.8. The van der Waals surface area contributed by atoms with Gasteiger partial charge in [-0.3, -0.25) is 0 Å². The summed E-state index contributed by atoms with van der Waals surface area (Å²) in [6.07, 6.45) is 4.84. The first-order valence-corrected chi connectivity index (χ1v) is 6.66. The van der Waals surface area contributed by atoms with Gasteiger partial charge in [0, 0.05) is 19.5 Å². The Balaban J connectivity index is 2.11. The average molecular weight is 263 g/mol. The smallest absolute Gasteiger partial charge is 0.138 e. The lowest BCUT2D eigenvalue weighted by Crippen LogP contribution is -2.15. The van der Waals surface area contributed by atoms with Crippen molar-refractivity contribution in [3.05, 3.63) is 30.4 Å². The van der Waals surface area contributed by atoms with Crippen LogP contribution in [0.3, 0.4) is 0 Å². The highest BCUT2D eigenvalue weighted by Crippen LogP contribution is 2.17. The zero-order valence-corrected chi connectivity index (χ0v) is 11.7. The third kappa shape index (κ3) is 3.20. The van der Waals surface area contributed by atoms with Crippen LogP contribution in [0.25, 0.3) is 0 Å². The predicted molar refractivity (Wildman–Crippen MR) is 71.4 cm³/mol. The first-order chi connectivity index (χ1) is 9.11. The number of aromatic nitrogens is 5. The molecule has 0 aliphatic heterocycles. The molecule has 104 valence electrons. The molecule has 2 rings (SSSR count). The van der Waals surface area contributed by atoms with Crippen molar-refractivity contribution in [2.45, 2.75) is 46.4 Å². The van der Waals surface area contributed by atoms with Crippen molar-refractivity contribution >= 4 is 0 Å². The van der Waals surface area contributed by atoms with Crippen molar-refractivity contribution in [1.29, 1.82) is 0 Å². The number of rotatable bonds is 6. The number of hydrogen-bond acceptors (Lipinski definition) is 4. The van der Waals surface area contributed by atoms with Gasteiger partial charge in [-0.05, 0) is 12.8 Å². The SMILES string of the molecule is CCn1cncc1C(O)Cc1ncnn1CC(C)C. The van der Waals surface area contributed by atoms with Gasteiger partial charge in [0.25, 0.3) is 0 Å². The molecular weight excluding hydrogens is 242 g/mol. The topological polar surface area (TPSA) is 68.8 Å². The summed E-state index contributed by atoms with van der Waals surface area (Å²) in [6, 6.07) is 0. The lowest BCUT2D eigenvalue weighted by Gasteiger charge is -2.13. The minimum atomic E-state index is -0.599. The largest absolute Gasteiger partial charge is 0.386 e. The summed E-state index contributed by atoms with van der Waals surface area (Å²) in [5.41, 5.74) is 0.821. The second-order valence-corrected chi connectivity index (χ2v) is 5.08. The monoisotopic (exact) mass is 263 g/mol. The van der Waals surface area contributed by atoms with Crippen LogP contribution >= 0.6 is 0 Å². The molecule has 0 aliphatic carbocycles. The Morgan fingerprint density at radius 2 is 2.16 bits per heavy atom. The van der Waals surface area contributed by atoms with Crippen LogP contribution < -0.4 is 0 Å². The van der Waals surface area contributed by atoms with Gasteiger partial charge >= 0.3 is 0 Å². The van der Waals surface area contributed by atoms with Gasteiger partial charge in [0.15, 0.2) is 0 Å². The molecular formula is C13H21N5O. The average Bonchev–Trinajstić information content (AvgIpc) is 2.97. The standard InChI is InChI=1S/C13H21N5O/c1-4-17-9-14-6-11(17)12(19)5-13-15-8-16-18(13)7-10(2)3/h6,8-10,12,19H,4-5,7H2,1-3H3. The highest BCUT2D eigenvalue weighted by molar-refractivity contribution is 5.05. The number of hydrogen-bond donors (Lipinski definition) is 1. The molecule has 0 saturated carbocycles. The van der Waals surface area contributed by atoms with Crippen LogP contribution in [0.15, 0.2) is 18.9 Å². The van der Waals surface area contributed by atoms with Crippen LogP contribution in [0.2, 0.25) is 0 Å². The molecule has 1 atom stereocenters. The molecule has 1 N–H and O–H groups in total. The molecule has 2 heterocycles. The van der Waals surface area contributed by atoms with E-state index in [0.29, 0.717) is 12.3 Å². The minimum absolute atomic E-state index is 0.457. The van der Waals surface area contributed by atoms with Crippen LogP contribution in [-0.2, 0) is 19.5 Å². The van der Waals surface area contributed by atoms with Gasteiger partial charge in [-0.15, -0.1) is 0 Å². The quantitative estimate of drug-likeness (QED) is 0.856. The maximum Gasteiger partial charge on any atom is 0.138 e. The van der Waals surface area contributed by atoms with E-state index in [2.05, 4.69) is 28.9 Å². The van der Waals surface area contributed by atoms with E-state index in [1.807, 2.05) is 16.2 Å². The third-order valence-electron chi connectivity index (χ3n) is 3.04. The molecule has 0 bridgehead atoms. The predicted octanol–water partition coefficient (Wildman–Crippen LogP) is 1.43. The molecule has 19 heavy (non-hydrogen) atoms. The Morgan fingerprint density at radius 3 is 2.84 bits per heavy atom. The second-order valence-electron chi connectivity index (χ2n) is 5.08. The van der Waals surface area contributed by atoms with Gasteiger partial charge in [0.1, 0.15) is 18.3 Å². The number of aliphatic hydroxyl groups is 1. The summed E-state index contributed by atoms with van der Waals surface area (Å²) in [6.45, 7) is 7.90. The first-order valence-electron chi connectivity index (χ1n) is 6.66. The zero-order valence-electron chi connectivity index (χ0n) is 11.7. The lowest BCUT2D eigenvalue weighted by atomic mass is 10.1. The maximum atomic E-state index is 10.3. The summed E-state index contributed by atoms with van der Waals surface area (Å²) in [4.78, 5) is 8.31. The summed E-state index contributed by atoms with van der Waals surface area (Å²) >= 11 is 0. The van der Waals surface area contributed by atoms with E-state index >= 15 is 0 Å². The van der Waals surface area contributed by atoms with E-state index in [1.54, 1.807) is 18.9 Å². The summed E-state index contributed by atoms with van der Waals surface area (Å²) < 4.78 is 3.80. The summed E-state index contributed by atoms with van der Waals surface area (Å²) in [7, 11) is 0. The van der Waals surface area contributed by atoms with E-state index in [0.717, 1.165) is 24.6 Å². The van der Waals surface area contributed by atoms with Crippen LogP contribution in [-0.4, -0.2) is 29.4 Å². The Labute approximate surface area is 113 Å². The van der Waals surface area contributed by atoms with Crippen molar-refractivity contribution in [3.63, 3.8) is 0 Å².